The first-order chi connectivity index (χ1) is 9.45. The molecule has 1 rings (SSSR count). The molecule has 0 aliphatic heterocycles. The minimum absolute atomic E-state index is 0.0666. The Balaban J connectivity index is 2.50. The van der Waals surface area contributed by atoms with E-state index in [0.717, 1.165) is 11.1 Å². The number of rotatable bonds is 6. The molecule has 0 fully saturated rings. The van der Waals surface area contributed by atoms with Crippen molar-refractivity contribution in [1.29, 1.82) is 0 Å². The predicted molar refractivity (Wildman–Crippen MR) is 75.7 cm³/mol. The minimum atomic E-state index is -0.421. The van der Waals surface area contributed by atoms with Gasteiger partial charge in [-0.15, -0.1) is 0 Å². The third kappa shape index (κ3) is 4.57. The van der Waals surface area contributed by atoms with Crippen molar-refractivity contribution in [3.8, 4) is 5.75 Å². The van der Waals surface area contributed by atoms with Crippen LogP contribution in [0.25, 0.3) is 0 Å². The van der Waals surface area contributed by atoms with Crippen molar-refractivity contribution in [2.75, 3.05) is 26.8 Å². The number of nitrogens with zero attached hydrogens (tertiary/aromatic N) is 1. The van der Waals surface area contributed by atoms with Crippen molar-refractivity contribution in [2.45, 2.75) is 20.8 Å². The van der Waals surface area contributed by atoms with E-state index in [1.807, 2.05) is 32.0 Å². The van der Waals surface area contributed by atoms with E-state index < -0.39 is 5.97 Å². The molecule has 0 bridgehead atoms. The summed E-state index contributed by atoms with van der Waals surface area (Å²) in [6.07, 6.45) is 0. The summed E-state index contributed by atoms with van der Waals surface area (Å²) in [5.74, 6) is -0.00284. The Morgan fingerprint density at radius 1 is 1.25 bits per heavy atom. The Labute approximate surface area is 119 Å². The standard InChI is InChI=1S/C15H21NO4/c1-5-19-15(18)9-16(4)14(17)10-20-13-8-6-7-11(2)12(13)3/h6-8H,5,9-10H2,1-4H3. The third-order valence-corrected chi connectivity index (χ3v) is 3.00. The molecule has 0 atom stereocenters. The second-order valence-electron chi connectivity index (χ2n) is 4.54. The quantitative estimate of drug-likeness (QED) is 0.744. The van der Waals surface area contributed by atoms with Gasteiger partial charge in [0.15, 0.2) is 6.61 Å². The van der Waals surface area contributed by atoms with Crippen molar-refractivity contribution >= 4 is 11.9 Å². The molecule has 1 aromatic carbocycles. The normalized spacial score (nSPS) is 10.0. The fourth-order valence-corrected chi connectivity index (χ4v) is 1.62. The smallest absolute Gasteiger partial charge is 0.325 e. The van der Waals surface area contributed by atoms with Gasteiger partial charge in [0.05, 0.1) is 6.61 Å². The highest BCUT2D eigenvalue weighted by molar-refractivity contribution is 5.82. The Morgan fingerprint density at radius 2 is 1.95 bits per heavy atom. The summed E-state index contributed by atoms with van der Waals surface area (Å²) in [5.41, 5.74) is 2.11. The number of hydrogen-bond donors (Lipinski definition) is 0. The lowest BCUT2D eigenvalue weighted by molar-refractivity contribution is -0.148. The molecule has 110 valence electrons. The highest BCUT2D eigenvalue weighted by Crippen LogP contribution is 2.20. The van der Waals surface area contributed by atoms with Crippen LogP contribution in [0.3, 0.4) is 0 Å². The van der Waals surface area contributed by atoms with Crippen LogP contribution < -0.4 is 4.74 Å². The summed E-state index contributed by atoms with van der Waals surface area (Å²) in [6.45, 7) is 5.79. The molecule has 0 aliphatic carbocycles. The maximum Gasteiger partial charge on any atom is 0.325 e. The van der Waals surface area contributed by atoms with Crippen LogP contribution in [0.2, 0.25) is 0 Å². The monoisotopic (exact) mass is 279 g/mol. The Bertz CT molecular complexity index is 485. The second-order valence-corrected chi connectivity index (χ2v) is 4.54. The molecule has 0 N–H and O–H groups in total. The van der Waals surface area contributed by atoms with Gasteiger partial charge in [-0.05, 0) is 38.0 Å². The molecule has 1 aromatic rings. The van der Waals surface area contributed by atoms with E-state index in [9.17, 15) is 9.59 Å². The molecule has 0 aromatic heterocycles. The molecule has 0 heterocycles. The zero-order chi connectivity index (χ0) is 15.1. The van der Waals surface area contributed by atoms with E-state index in [-0.39, 0.29) is 19.1 Å². The van der Waals surface area contributed by atoms with Crippen LogP contribution in [0.5, 0.6) is 5.75 Å². The van der Waals surface area contributed by atoms with Crippen LogP contribution in [-0.4, -0.2) is 43.6 Å². The molecular weight excluding hydrogens is 258 g/mol. The van der Waals surface area contributed by atoms with Crippen LogP contribution in [0.15, 0.2) is 18.2 Å². The molecule has 0 unspecified atom stereocenters. The Morgan fingerprint density at radius 3 is 2.60 bits per heavy atom. The van der Waals surface area contributed by atoms with E-state index in [2.05, 4.69) is 0 Å². The summed E-state index contributed by atoms with van der Waals surface area (Å²) in [5, 5.41) is 0. The van der Waals surface area contributed by atoms with Crippen molar-refractivity contribution < 1.29 is 19.1 Å². The fourth-order valence-electron chi connectivity index (χ4n) is 1.62. The number of ether oxygens (including phenoxy) is 2. The highest BCUT2D eigenvalue weighted by atomic mass is 16.5. The predicted octanol–water partition coefficient (Wildman–Crippen LogP) is 1.70. The molecule has 0 aliphatic rings. The van der Waals surface area contributed by atoms with Gasteiger partial charge in [-0.1, -0.05) is 12.1 Å². The first-order valence-electron chi connectivity index (χ1n) is 6.54. The lowest BCUT2D eigenvalue weighted by atomic mass is 10.1. The average Bonchev–Trinajstić information content (AvgIpc) is 2.40. The van der Waals surface area contributed by atoms with E-state index in [1.54, 1.807) is 14.0 Å². The zero-order valence-electron chi connectivity index (χ0n) is 12.4. The maximum atomic E-state index is 11.8. The Kier molecular flexibility index (Phi) is 6.03. The molecule has 0 radical (unpaired) electrons. The van der Waals surface area contributed by atoms with E-state index in [4.69, 9.17) is 9.47 Å². The molecule has 5 heteroatoms. The van der Waals surface area contributed by atoms with Crippen LogP contribution >= 0.6 is 0 Å². The van der Waals surface area contributed by atoms with Gasteiger partial charge in [-0.25, -0.2) is 0 Å². The number of aryl methyl sites for hydroxylation is 1. The molecule has 1 amide bonds. The van der Waals surface area contributed by atoms with Crippen molar-refractivity contribution in [3.05, 3.63) is 29.3 Å². The molecular formula is C15H21NO4. The lowest BCUT2D eigenvalue weighted by Crippen LogP contribution is -2.36. The van der Waals surface area contributed by atoms with E-state index in [1.165, 1.54) is 4.90 Å². The maximum absolute atomic E-state index is 11.8. The van der Waals surface area contributed by atoms with Gasteiger partial charge in [0.1, 0.15) is 12.3 Å². The number of esters is 1. The Hall–Kier alpha value is -2.04. The van der Waals surface area contributed by atoms with Gasteiger partial charge in [0.25, 0.3) is 5.91 Å². The first-order valence-corrected chi connectivity index (χ1v) is 6.54. The molecule has 0 spiro atoms. The van der Waals surface area contributed by atoms with Gasteiger partial charge in [-0.2, -0.15) is 0 Å². The molecule has 5 nitrogen and oxygen atoms in total. The zero-order valence-corrected chi connectivity index (χ0v) is 12.4. The SMILES string of the molecule is CCOC(=O)CN(C)C(=O)COc1cccc(C)c1C. The molecule has 0 saturated heterocycles. The summed E-state index contributed by atoms with van der Waals surface area (Å²) >= 11 is 0. The number of benzene rings is 1. The fraction of sp³-hybridized carbons (Fsp3) is 0.467. The highest BCUT2D eigenvalue weighted by Gasteiger charge is 2.14. The molecule has 0 saturated carbocycles. The summed E-state index contributed by atoms with van der Waals surface area (Å²) < 4.78 is 10.3. The summed E-state index contributed by atoms with van der Waals surface area (Å²) in [6, 6.07) is 5.68. The topological polar surface area (TPSA) is 55.8 Å². The molecule has 20 heavy (non-hydrogen) atoms. The number of carbonyl (C=O) groups excluding carboxylic acids is 2. The van der Waals surface area contributed by atoms with Crippen molar-refractivity contribution in [2.24, 2.45) is 0 Å². The number of likely N-dealkylation sites (N-methyl/N-ethyl adjacent to an activating group) is 1. The summed E-state index contributed by atoms with van der Waals surface area (Å²) in [4.78, 5) is 24.4. The van der Waals surface area contributed by atoms with E-state index in [0.29, 0.717) is 12.4 Å². The average molecular weight is 279 g/mol. The van der Waals surface area contributed by atoms with Gasteiger partial charge < -0.3 is 14.4 Å². The first kappa shape index (κ1) is 16.0. The van der Waals surface area contributed by atoms with E-state index >= 15 is 0 Å². The largest absolute Gasteiger partial charge is 0.483 e. The van der Waals surface area contributed by atoms with Crippen molar-refractivity contribution in [3.63, 3.8) is 0 Å². The van der Waals surface area contributed by atoms with Crippen LogP contribution in [-0.2, 0) is 14.3 Å². The third-order valence-electron chi connectivity index (χ3n) is 3.00. The van der Waals surface area contributed by atoms with Crippen LogP contribution in [0.4, 0.5) is 0 Å². The second kappa shape index (κ2) is 7.53. The number of hydrogen-bond acceptors (Lipinski definition) is 4. The van der Waals surface area contributed by atoms with Gasteiger partial charge in [0.2, 0.25) is 0 Å². The number of amides is 1. The van der Waals surface area contributed by atoms with Crippen molar-refractivity contribution in [1.82, 2.24) is 4.90 Å². The van der Waals surface area contributed by atoms with Gasteiger partial charge >= 0.3 is 5.97 Å². The lowest BCUT2D eigenvalue weighted by Gasteiger charge is -2.17. The van der Waals surface area contributed by atoms with Crippen LogP contribution in [0, 0.1) is 13.8 Å². The van der Waals surface area contributed by atoms with Gasteiger partial charge in [-0.3, -0.25) is 9.59 Å². The summed E-state index contributed by atoms with van der Waals surface area (Å²) in [7, 11) is 1.55. The minimum Gasteiger partial charge on any atom is -0.483 e. The van der Waals surface area contributed by atoms with Gasteiger partial charge in [0, 0.05) is 7.05 Å². The number of carbonyl (C=O) groups is 2. The van der Waals surface area contributed by atoms with Crippen LogP contribution in [0.1, 0.15) is 18.1 Å².